The second-order valence-corrected chi connectivity index (χ2v) is 16.9. The summed E-state index contributed by atoms with van der Waals surface area (Å²) in [5.41, 5.74) is -1.05. The summed E-state index contributed by atoms with van der Waals surface area (Å²) in [6.07, 6.45) is -2.86. The van der Waals surface area contributed by atoms with E-state index in [0.717, 1.165) is 12.2 Å². The lowest BCUT2D eigenvalue weighted by Gasteiger charge is -2.37. The first-order chi connectivity index (χ1) is 28.9. The number of alkyl carbamates (subject to hydrolysis) is 1. The predicted molar refractivity (Wildman–Crippen MR) is 228 cm³/mol. The van der Waals surface area contributed by atoms with Gasteiger partial charge < -0.3 is 29.6 Å². The topological polar surface area (TPSA) is 155 Å². The van der Waals surface area contributed by atoms with Crippen LogP contribution in [0.25, 0.3) is 0 Å². The second kappa shape index (κ2) is 23.1. The average molecular weight is 878 g/mol. The summed E-state index contributed by atoms with van der Waals surface area (Å²) in [6.45, 7) is 21.2. The van der Waals surface area contributed by atoms with Gasteiger partial charge in [-0.1, -0.05) is 12.0 Å². The van der Waals surface area contributed by atoms with E-state index < -0.39 is 65.0 Å². The van der Waals surface area contributed by atoms with E-state index in [2.05, 4.69) is 27.4 Å². The fraction of sp³-hybridized carbons (Fsp3) is 0.659. The summed E-state index contributed by atoms with van der Waals surface area (Å²) in [7, 11) is 1.28. The number of nitrogens with zero attached hydrogens (tertiary/aromatic N) is 5. The molecular weight excluding hydrogens is 812 g/mol. The molecule has 18 heteroatoms. The fourth-order valence-electron chi connectivity index (χ4n) is 6.84. The number of carbonyl (C=O) groups excluding carboxylic acids is 4. The van der Waals surface area contributed by atoms with Gasteiger partial charge in [0, 0.05) is 77.2 Å². The first-order valence-electron chi connectivity index (χ1n) is 21.1. The number of methoxy groups -OCH3 is 1. The normalized spacial score (nSPS) is 19.1. The highest BCUT2D eigenvalue weighted by Crippen LogP contribution is 2.29. The molecule has 62 heavy (non-hydrogen) atoms. The molecule has 1 aromatic rings. The molecule has 346 valence electrons. The van der Waals surface area contributed by atoms with E-state index in [0.29, 0.717) is 63.7 Å². The number of ether oxygens (including phenoxy) is 4. The minimum atomic E-state index is -4.50. The maximum atomic E-state index is 13.8. The molecule has 2 aliphatic rings. The molecule has 15 nitrogen and oxygen atoms in total. The van der Waals surface area contributed by atoms with Crippen LogP contribution in [0.3, 0.4) is 0 Å². The third kappa shape index (κ3) is 17.2. The molecule has 3 heterocycles. The summed E-state index contributed by atoms with van der Waals surface area (Å²) in [5.74, 6) is 4.61. The van der Waals surface area contributed by atoms with Crippen LogP contribution in [0.5, 0.6) is 0 Å². The Morgan fingerprint density at radius 1 is 0.855 bits per heavy atom. The number of aromatic nitrogens is 1. The van der Waals surface area contributed by atoms with Crippen molar-refractivity contribution in [1.82, 2.24) is 35.2 Å². The van der Waals surface area contributed by atoms with Crippen molar-refractivity contribution < 1.29 is 51.3 Å². The van der Waals surface area contributed by atoms with E-state index in [1.807, 2.05) is 14.7 Å². The number of hydrogen-bond acceptors (Lipinski definition) is 14. The Labute approximate surface area is 364 Å². The summed E-state index contributed by atoms with van der Waals surface area (Å²) in [5, 5.41) is 5.91. The lowest BCUT2D eigenvalue weighted by atomic mass is 10.1. The minimum Gasteiger partial charge on any atom is -0.465 e. The number of halogens is 3. The zero-order chi connectivity index (χ0) is 46.4. The van der Waals surface area contributed by atoms with Crippen molar-refractivity contribution in [2.45, 2.75) is 111 Å². The van der Waals surface area contributed by atoms with Crippen LogP contribution in [0.1, 0.15) is 91.0 Å². The van der Waals surface area contributed by atoms with Crippen molar-refractivity contribution in [3.05, 3.63) is 52.5 Å². The van der Waals surface area contributed by atoms with Crippen molar-refractivity contribution in [3.8, 4) is 11.8 Å². The highest BCUT2D eigenvalue weighted by Gasteiger charge is 2.35. The molecule has 1 saturated heterocycles. The lowest BCUT2D eigenvalue weighted by Crippen LogP contribution is -2.52. The molecule has 0 aromatic carbocycles. The number of allylic oxidation sites excluding steroid dienone is 2. The first kappa shape index (κ1) is 51.6. The molecule has 0 aliphatic carbocycles. The number of pyridine rings is 1. The Hall–Kier alpha value is -4.70. The van der Waals surface area contributed by atoms with Gasteiger partial charge in [-0.2, -0.15) is 13.2 Å². The summed E-state index contributed by atoms with van der Waals surface area (Å²) in [4.78, 5) is 64.6. The zero-order valence-electron chi connectivity index (χ0n) is 38.2. The Bertz CT molecular complexity index is 1800. The van der Waals surface area contributed by atoms with Gasteiger partial charge in [-0.15, -0.1) is 0 Å². The SMILES string of the molecule is CCOC(=O)[C@@H](C)N1CCN(CC2=CC(C(F)(F)F)=CC(C)N2)CCN([C@H](C)C(=O)OCC)CCN(Cc2cc(C(=O)OC)cc(C#CC(C)(C)NC(=O)OC(C)(C)C)n2)CC1. The van der Waals surface area contributed by atoms with Crippen molar-refractivity contribution >= 4 is 24.0 Å². The molecule has 0 spiro atoms. The number of dihydropyridines is 1. The standard InChI is InChI=1S/C44H66F3N7O8/c1-12-60-38(55)31(4)53-20-16-51(28-36-26-33(40(57)59-11)25-35(49-36)14-15-43(9,10)50-41(58)62-42(6,7)8)17-21-54(32(5)39(56)61-13-2)23-19-52(18-22-53)29-37-27-34(44(45,46)47)24-30(3)48-37/h24-27,30-32,48H,12-13,16-23,28-29H2,1-11H3,(H,50,58)/t30?,31-,32-/m1/s1. The lowest BCUT2D eigenvalue weighted by molar-refractivity contribution is -0.149. The molecule has 2 N–H and O–H groups in total. The maximum absolute atomic E-state index is 13.8. The largest absolute Gasteiger partial charge is 0.465 e. The van der Waals surface area contributed by atoms with Gasteiger partial charge in [-0.3, -0.25) is 29.2 Å². The number of amides is 1. The van der Waals surface area contributed by atoms with E-state index in [9.17, 15) is 32.3 Å². The van der Waals surface area contributed by atoms with Gasteiger partial charge in [0.1, 0.15) is 23.4 Å². The van der Waals surface area contributed by atoms with Crippen LogP contribution in [0, 0.1) is 11.8 Å². The Morgan fingerprint density at radius 3 is 1.84 bits per heavy atom. The molecular formula is C44H66F3N7O8. The molecule has 0 radical (unpaired) electrons. The second-order valence-electron chi connectivity index (χ2n) is 16.9. The summed E-state index contributed by atoms with van der Waals surface area (Å²) < 4.78 is 62.8. The summed E-state index contributed by atoms with van der Waals surface area (Å²) in [6, 6.07) is 1.31. The number of alkyl halides is 3. The number of hydrogen-bond donors (Lipinski definition) is 2. The van der Waals surface area contributed by atoms with Gasteiger partial charge in [0.05, 0.1) is 42.7 Å². The fourth-order valence-corrected chi connectivity index (χ4v) is 6.84. The van der Waals surface area contributed by atoms with Crippen molar-refractivity contribution in [3.63, 3.8) is 0 Å². The number of rotatable bonds is 12. The third-order valence-corrected chi connectivity index (χ3v) is 10.1. The van der Waals surface area contributed by atoms with Crippen LogP contribution in [-0.4, -0.2) is 163 Å². The minimum absolute atomic E-state index is 0.175. The van der Waals surface area contributed by atoms with Crippen molar-refractivity contribution in [2.75, 3.05) is 79.2 Å². The molecule has 2 aliphatic heterocycles. The van der Waals surface area contributed by atoms with Crippen LogP contribution >= 0.6 is 0 Å². The Morgan fingerprint density at radius 2 is 1.37 bits per heavy atom. The molecule has 3 atom stereocenters. The number of carbonyl (C=O) groups is 4. The predicted octanol–water partition coefficient (Wildman–Crippen LogP) is 4.51. The monoisotopic (exact) mass is 877 g/mol. The van der Waals surface area contributed by atoms with Gasteiger partial charge in [0.2, 0.25) is 0 Å². The Kier molecular flexibility index (Phi) is 19.3. The van der Waals surface area contributed by atoms with Crippen LogP contribution < -0.4 is 10.6 Å². The van der Waals surface area contributed by atoms with Crippen LogP contribution in [0.4, 0.5) is 18.0 Å². The highest BCUT2D eigenvalue weighted by atomic mass is 19.4. The average Bonchev–Trinajstić information content (AvgIpc) is 3.16. The van der Waals surface area contributed by atoms with Crippen LogP contribution in [0.15, 0.2) is 35.6 Å². The van der Waals surface area contributed by atoms with Gasteiger partial charge in [-0.05, 0) is 93.4 Å². The van der Waals surface area contributed by atoms with Crippen LogP contribution in [0.2, 0.25) is 0 Å². The van der Waals surface area contributed by atoms with Gasteiger partial charge in [0.25, 0.3) is 0 Å². The third-order valence-electron chi connectivity index (χ3n) is 10.1. The van der Waals surface area contributed by atoms with Gasteiger partial charge in [0.15, 0.2) is 0 Å². The smallest absolute Gasteiger partial charge is 0.416 e. The number of esters is 3. The van der Waals surface area contributed by atoms with Crippen molar-refractivity contribution in [1.29, 1.82) is 0 Å². The maximum Gasteiger partial charge on any atom is 0.416 e. The molecule has 1 unspecified atom stereocenters. The van der Waals surface area contributed by atoms with E-state index in [1.54, 1.807) is 75.3 Å². The van der Waals surface area contributed by atoms with E-state index >= 15 is 0 Å². The molecule has 0 saturated carbocycles. The quantitative estimate of drug-likeness (QED) is 0.172. The molecule has 1 fully saturated rings. The molecule has 1 aromatic heterocycles. The summed E-state index contributed by atoms with van der Waals surface area (Å²) >= 11 is 0. The van der Waals surface area contributed by atoms with E-state index in [1.165, 1.54) is 13.2 Å². The molecule has 1 amide bonds. The highest BCUT2D eigenvalue weighted by molar-refractivity contribution is 5.89. The number of nitrogens with one attached hydrogen (secondary N) is 2. The van der Waals surface area contributed by atoms with Crippen molar-refractivity contribution in [2.24, 2.45) is 0 Å². The first-order valence-corrected chi connectivity index (χ1v) is 21.1. The van der Waals surface area contributed by atoms with Crippen LogP contribution in [-0.2, 0) is 35.1 Å². The zero-order valence-corrected chi connectivity index (χ0v) is 38.2. The molecule has 0 bridgehead atoms. The van der Waals surface area contributed by atoms with E-state index in [-0.39, 0.29) is 37.6 Å². The molecule has 3 rings (SSSR count). The van der Waals surface area contributed by atoms with Gasteiger partial charge >= 0.3 is 30.2 Å². The van der Waals surface area contributed by atoms with Gasteiger partial charge in [-0.25, -0.2) is 14.6 Å². The van der Waals surface area contributed by atoms with E-state index in [4.69, 9.17) is 23.9 Å². The Balaban J connectivity index is 2.02.